The number of nitrogens with one attached hydrogen (secondary N) is 1. The summed E-state index contributed by atoms with van der Waals surface area (Å²) in [7, 11) is 0. The highest BCUT2D eigenvalue weighted by molar-refractivity contribution is 5.38. The summed E-state index contributed by atoms with van der Waals surface area (Å²) in [5.74, 6) is 0.894. The highest BCUT2D eigenvalue weighted by atomic mass is 16.5. The van der Waals surface area contributed by atoms with Gasteiger partial charge in [0.05, 0.1) is 0 Å². The van der Waals surface area contributed by atoms with Gasteiger partial charge in [-0.05, 0) is 55.4 Å². The fraction of sp³-hybridized carbons (Fsp3) is 0.647. The summed E-state index contributed by atoms with van der Waals surface area (Å²) in [4.78, 5) is 0. The van der Waals surface area contributed by atoms with Crippen LogP contribution in [0.1, 0.15) is 43.2 Å². The van der Waals surface area contributed by atoms with Gasteiger partial charge < -0.3 is 15.2 Å². The largest absolute Gasteiger partial charge is 0.491 e. The first kappa shape index (κ1) is 13.9. The quantitative estimate of drug-likeness (QED) is 0.838. The molecule has 0 unspecified atom stereocenters. The standard InChI is InChI=1S/C17H25NO2/c19-16(11-18-15-6-1-2-7-15)12-20-17-9-8-13-4-3-5-14(13)10-17/h8-10,15-16,18-19H,1-7,11-12H2/t16-/m0/s1. The van der Waals surface area contributed by atoms with E-state index in [1.54, 1.807) is 0 Å². The molecule has 1 saturated carbocycles. The van der Waals surface area contributed by atoms with Crippen molar-refractivity contribution in [2.45, 2.75) is 57.1 Å². The maximum Gasteiger partial charge on any atom is 0.119 e. The lowest BCUT2D eigenvalue weighted by Gasteiger charge is -2.17. The van der Waals surface area contributed by atoms with Crippen molar-refractivity contribution in [1.29, 1.82) is 0 Å². The SMILES string of the molecule is O[C@@H](CNC1CCCC1)COc1ccc2c(c1)CCC2. The van der Waals surface area contributed by atoms with Crippen molar-refractivity contribution in [3.8, 4) is 5.75 Å². The molecule has 20 heavy (non-hydrogen) atoms. The summed E-state index contributed by atoms with van der Waals surface area (Å²) in [5.41, 5.74) is 2.88. The third kappa shape index (κ3) is 3.53. The van der Waals surface area contributed by atoms with Crippen LogP contribution < -0.4 is 10.1 Å². The molecule has 0 aliphatic heterocycles. The van der Waals surface area contributed by atoms with Gasteiger partial charge in [-0.1, -0.05) is 18.9 Å². The van der Waals surface area contributed by atoms with E-state index >= 15 is 0 Å². The minimum atomic E-state index is -0.427. The molecule has 1 atom stereocenters. The summed E-state index contributed by atoms with van der Waals surface area (Å²) in [6, 6.07) is 6.94. The fourth-order valence-corrected chi connectivity index (χ4v) is 3.32. The number of aliphatic hydroxyl groups is 1. The van der Waals surface area contributed by atoms with E-state index in [0.717, 1.165) is 5.75 Å². The molecule has 1 fully saturated rings. The predicted molar refractivity (Wildman–Crippen MR) is 80.2 cm³/mol. The van der Waals surface area contributed by atoms with Crippen molar-refractivity contribution >= 4 is 0 Å². The van der Waals surface area contributed by atoms with E-state index in [4.69, 9.17) is 4.74 Å². The smallest absolute Gasteiger partial charge is 0.119 e. The van der Waals surface area contributed by atoms with Crippen LogP contribution in [0.25, 0.3) is 0 Å². The second-order valence-corrected chi connectivity index (χ2v) is 6.14. The molecule has 0 aromatic heterocycles. The summed E-state index contributed by atoms with van der Waals surface area (Å²) >= 11 is 0. The number of hydrogen-bond acceptors (Lipinski definition) is 3. The van der Waals surface area contributed by atoms with Crippen molar-refractivity contribution in [1.82, 2.24) is 5.32 Å². The van der Waals surface area contributed by atoms with Gasteiger partial charge in [0.15, 0.2) is 0 Å². The summed E-state index contributed by atoms with van der Waals surface area (Å²) < 4.78 is 5.72. The van der Waals surface area contributed by atoms with Crippen molar-refractivity contribution in [3.63, 3.8) is 0 Å². The van der Waals surface area contributed by atoms with Gasteiger partial charge in [-0.2, -0.15) is 0 Å². The van der Waals surface area contributed by atoms with Crippen molar-refractivity contribution in [3.05, 3.63) is 29.3 Å². The molecule has 3 nitrogen and oxygen atoms in total. The Labute approximate surface area is 121 Å². The van der Waals surface area contributed by atoms with Gasteiger partial charge in [-0.25, -0.2) is 0 Å². The first-order chi connectivity index (χ1) is 9.81. The van der Waals surface area contributed by atoms with Crippen LogP contribution in [0.3, 0.4) is 0 Å². The highest BCUT2D eigenvalue weighted by Gasteiger charge is 2.16. The molecule has 0 bridgehead atoms. The van der Waals surface area contributed by atoms with Crippen LogP contribution in [0.5, 0.6) is 5.75 Å². The molecule has 3 heteroatoms. The lowest BCUT2D eigenvalue weighted by atomic mass is 10.1. The average Bonchev–Trinajstić information content (AvgIpc) is 3.13. The summed E-state index contributed by atoms with van der Waals surface area (Å²) in [6.45, 7) is 1.01. The molecule has 1 aromatic rings. The number of benzene rings is 1. The summed E-state index contributed by atoms with van der Waals surface area (Å²) in [5, 5.41) is 13.4. The zero-order valence-electron chi connectivity index (χ0n) is 12.1. The Hall–Kier alpha value is -1.06. The van der Waals surface area contributed by atoms with Gasteiger partial charge in [0.25, 0.3) is 0 Å². The van der Waals surface area contributed by atoms with Gasteiger partial charge >= 0.3 is 0 Å². The van der Waals surface area contributed by atoms with Crippen LogP contribution in [-0.2, 0) is 12.8 Å². The van der Waals surface area contributed by atoms with E-state index in [0.29, 0.717) is 19.2 Å². The number of aliphatic hydroxyl groups excluding tert-OH is 1. The third-order valence-corrected chi connectivity index (χ3v) is 4.51. The number of fused-ring (bicyclic) bond motifs is 1. The number of rotatable bonds is 6. The van der Waals surface area contributed by atoms with Crippen LogP contribution in [0.4, 0.5) is 0 Å². The molecular formula is C17H25NO2. The molecule has 110 valence electrons. The molecule has 2 aliphatic carbocycles. The zero-order valence-corrected chi connectivity index (χ0v) is 12.1. The molecule has 0 amide bonds. The second-order valence-electron chi connectivity index (χ2n) is 6.14. The van der Waals surface area contributed by atoms with Gasteiger partial charge in [0.1, 0.15) is 18.5 Å². The lowest BCUT2D eigenvalue weighted by molar-refractivity contribution is 0.104. The molecule has 1 aromatic carbocycles. The van der Waals surface area contributed by atoms with Crippen LogP contribution in [0.15, 0.2) is 18.2 Å². The highest BCUT2D eigenvalue weighted by Crippen LogP contribution is 2.26. The second kappa shape index (κ2) is 6.59. The minimum Gasteiger partial charge on any atom is -0.491 e. The molecule has 2 aliphatic rings. The fourth-order valence-electron chi connectivity index (χ4n) is 3.32. The molecule has 3 rings (SSSR count). The van der Waals surface area contributed by atoms with E-state index in [1.165, 1.54) is 56.1 Å². The molecule has 2 N–H and O–H groups in total. The van der Waals surface area contributed by atoms with Gasteiger partial charge in [0, 0.05) is 12.6 Å². The Kier molecular flexibility index (Phi) is 4.58. The Morgan fingerprint density at radius 3 is 2.80 bits per heavy atom. The first-order valence-electron chi connectivity index (χ1n) is 7.97. The molecule has 0 spiro atoms. The van der Waals surface area contributed by atoms with Crippen LogP contribution in [0, 0.1) is 0 Å². The van der Waals surface area contributed by atoms with Crippen molar-refractivity contribution in [2.75, 3.05) is 13.2 Å². The van der Waals surface area contributed by atoms with E-state index in [2.05, 4.69) is 17.4 Å². The molecule has 0 saturated heterocycles. The maximum absolute atomic E-state index is 9.98. The lowest BCUT2D eigenvalue weighted by Crippen LogP contribution is -2.36. The summed E-state index contributed by atoms with van der Waals surface area (Å²) in [6.07, 6.45) is 8.33. The van der Waals surface area contributed by atoms with Crippen LogP contribution in [-0.4, -0.2) is 30.4 Å². The Morgan fingerprint density at radius 1 is 1.15 bits per heavy atom. The van der Waals surface area contributed by atoms with Crippen molar-refractivity contribution in [2.24, 2.45) is 0 Å². The molecular weight excluding hydrogens is 250 g/mol. The minimum absolute atomic E-state index is 0.374. The van der Waals surface area contributed by atoms with E-state index in [9.17, 15) is 5.11 Å². The van der Waals surface area contributed by atoms with Gasteiger partial charge in [-0.3, -0.25) is 0 Å². The average molecular weight is 275 g/mol. The third-order valence-electron chi connectivity index (χ3n) is 4.51. The van der Waals surface area contributed by atoms with Gasteiger partial charge in [-0.15, -0.1) is 0 Å². The van der Waals surface area contributed by atoms with Crippen molar-refractivity contribution < 1.29 is 9.84 Å². The molecule has 0 heterocycles. The number of ether oxygens (including phenoxy) is 1. The van der Waals surface area contributed by atoms with E-state index < -0.39 is 6.10 Å². The van der Waals surface area contributed by atoms with Gasteiger partial charge in [0.2, 0.25) is 0 Å². The van der Waals surface area contributed by atoms with E-state index in [-0.39, 0.29) is 0 Å². The number of aryl methyl sites for hydroxylation is 2. The topological polar surface area (TPSA) is 41.5 Å². The monoisotopic (exact) mass is 275 g/mol. The Balaban J connectivity index is 1.41. The molecule has 0 radical (unpaired) electrons. The maximum atomic E-state index is 9.98. The van der Waals surface area contributed by atoms with Crippen LogP contribution >= 0.6 is 0 Å². The predicted octanol–water partition coefficient (Wildman–Crippen LogP) is 2.45. The number of hydrogen-bond donors (Lipinski definition) is 2. The van der Waals surface area contributed by atoms with E-state index in [1.807, 2.05) is 6.07 Å². The van der Waals surface area contributed by atoms with Crippen LogP contribution in [0.2, 0.25) is 0 Å². The zero-order chi connectivity index (χ0) is 13.8. The Morgan fingerprint density at radius 2 is 1.95 bits per heavy atom. The first-order valence-corrected chi connectivity index (χ1v) is 7.97. The normalized spacial score (nSPS) is 20.1. The Bertz CT molecular complexity index is 441.